The first-order chi connectivity index (χ1) is 51.0. The number of fused-ring (bicyclic) bond motifs is 16. The van der Waals surface area contributed by atoms with Gasteiger partial charge in [-0.05, 0) is 192 Å². The minimum atomic E-state index is -0.177. The highest BCUT2D eigenvalue weighted by Crippen LogP contribution is 2.49. The molecule has 0 N–H and O–H groups in total. The van der Waals surface area contributed by atoms with Crippen LogP contribution in [0.3, 0.4) is 0 Å². The Kier molecular flexibility index (Phi) is 14.1. The van der Waals surface area contributed by atoms with E-state index < -0.39 is 0 Å². The van der Waals surface area contributed by atoms with Crippen molar-refractivity contribution in [2.75, 3.05) is 0 Å². The molecule has 6 heterocycles. The summed E-state index contributed by atoms with van der Waals surface area (Å²) in [6.07, 6.45) is 0. The second kappa shape index (κ2) is 23.2. The molecule has 0 aliphatic heterocycles. The zero-order valence-electron chi connectivity index (χ0n) is 62.0. The number of hydrogen-bond donors (Lipinski definition) is 0. The summed E-state index contributed by atoms with van der Waals surface area (Å²) in [5, 5.41) is 18.0. The molecule has 0 amide bonds. The third-order valence-electron chi connectivity index (χ3n) is 22.3. The van der Waals surface area contributed by atoms with Crippen molar-refractivity contribution in [3.8, 4) is 73.3 Å². The fourth-order valence-corrected chi connectivity index (χ4v) is 16.5. The number of nitrogens with zero attached hydrogens (tertiary/aromatic N) is 9. The average molecular weight is 1370 g/mol. The molecule has 0 aliphatic carbocycles. The first-order valence-electron chi connectivity index (χ1n) is 37.0. The summed E-state index contributed by atoms with van der Waals surface area (Å²) in [6, 6.07) is 103. The fourth-order valence-electron chi connectivity index (χ4n) is 16.5. The van der Waals surface area contributed by atoms with Crippen molar-refractivity contribution in [1.82, 2.24) is 37.0 Å². The van der Waals surface area contributed by atoms with Gasteiger partial charge in [-0.25, -0.2) is 9.97 Å². The number of imidazole rings is 4. The van der Waals surface area contributed by atoms with E-state index in [1.54, 1.807) is 0 Å². The van der Waals surface area contributed by atoms with E-state index >= 15 is 0 Å². The number of nitriles is 1. The molecule has 6 aromatic heterocycles. The highest BCUT2D eigenvalue weighted by molar-refractivity contribution is 6.13. The predicted octanol–water partition coefficient (Wildman–Crippen LogP) is 25.1. The van der Waals surface area contributed by atoms with Crippen molar-refractivity contribution in [2.45, 2.75) is 105 Å². The van der Waals surface area contributed by atoms with Crippen LogP contribution in [0, 0.1) is 11.3 Å². The SMILES string of the molecule is CC(C)(C)c1ccc2c(c1)c1cc(C(C)(C)C)ccc1n2-c1c(-n2c3ccc(-c4ccccc4)cc3n3c4cc(-c5ccccc5)ccc4nc23)cc(-n2c3ccc(-c4ccccc4)cc3n3c4cc(-c5ccccc5)ccc4nc23)c(-n2c3ccc(C(C)(C)C)cc3c3cc(C(C)(C)C)ccc32)c1C#N. The summed E-state index contributed by atoms with van der Waals surface area (Å²) in [7, 11) is 0. The summed E-state index contributed by atoms with van der Waals surface area (Å²) in [4.78, 5) is 11.7. The van der Waals surface area contributed by atoms with Gasteiger partial charge in [-0.3, -0.25) is 17.9 Å². The molecule has 106 heavy (non-hydrogen) atoms. The molecular formula is C97H81N9. The molecule has 0 unspecified atom stereocenters. The quantitative estimate of drug-likeness (QED) is 0.152. The lowest BCUT2D eigenvalue weighted by Crippen LogP contribution is -2.15. The Labute approximate surface area is 616 Å². The Morgan fingerprint density at radius 1 is 0.255 bits per heavy atom. The smallest absolute Gasteiger partial charge is 0.220 e. The minimum absolute atomic E-state index is 0.177. The minimum Gasteiger partial charge on any atom is -0.306 e. The van der Waals surface area contributed by atoms with E-state index in [1.165, 1.54) is 22.3 Å². The van der Waals surface area contributed by atoms with Crippen molar-refractivity contribution >= 4 is 99.3 Å². The molecule has 0 bridgehead atoms. The zero-order valence-corrected chi connectivity index (χ0v) is 62.0. The first kappa shape index (κ1) is 64.3. The van der Waals surface area contributed by atoms with Gasteiger partial charge < -0.3 is 9.13 Å². The summed E-state index contributed by atoms with van der Waals surface area (Å²) >= 11 is 0. The molecule has 19 aromatic rings. The summed E-state index contributed by atoms with van der Waals surface area (Å²) in [5.74, 6) is 1.40. The number of aromatic nitrogens is 8. The monoisotopic (exact) mass is 1370 g/mol. The Hall–Kier alpha value is -12.5. The van der Waals surface area contributed by atoms with E-state index in [0.717, 1.165) is 144 Å². The van der Waals surface area contributed by atoms with Crippen molar-refractivity contribution in [3.05, 3.63) is 301 Å². The van der Waals surface area contributed by atoms with Gasteiger partial charge in [0.05, 0.1) is 88.9 Å². The number of hydrogen-bond acceptors (Lipinski definition) is 3. The van der Waals surface area contributed by atoms with Gasteiger partial charge in [0, 0.05) is 21.5 Å². The molecule has 9 nitrogen and oxygen atoms in total. The van der Waals surface area contributed by atoms with Gasteiger partial charge in [0.15, 0.2) is 0 Å². The van der Waals surface area contributed by atoms with Crippen LogP contribution in [-0.4, -0.2) is 37.0 Å². The van der Waals surface area contributed by atoms with Crippen LogP contribution in [-0.2, 0) is 21.7 Å². The third-order valence-corrected chi connectivity index (χ3v) is 22.3. The molecular weight excluding hydrogens is 1290 g/mol. The predicted molar refractivity (Wildman–Crippen MR) is 443 cm³/mol. The Balaban J connectivity index is 1.07. The van der Waals surface area contributed by atoms with Crippen LogP contribution in [0.1, 0.15) is 111 Å². The van der Waals surface area contributed by atoms with Crippen LogP contribution in [0.25, 0.3) is 167 Å². The second-order valence-electron chi connectivity index (χ2n) is 33.1. The zero-order chi connectivity index (χ0) is 72.6. The fraction of sp³-hybridized carbons (Fsp3) is 0.165. The Bertz CT molecular complexity index is 6340. The number of rotatable bonds is 8. The van der Waals surface area contributed by atoms with Gasteiger partial charge in [0.25, 0.3) is 0 Å². The van der Waals surface area contributed by atoms with E-state index in [0.29, 0.717) is 28.5 Å². The lowest BCUT2D eigenvalue weighted by Gasteiger charge is -2.25. The standard InChI is InChI=1S/C97H81N9/c1-94(2,3)67-37-45-78-71(53-67)72-54-68(95(4,5)6)38-46-79(72)101(78)90-75(58-98)91(102-80-47-39-69(96(7,8)9)55-73(80)74-56-70(97(10,11)12)40-48-81(74)102)89(104-83-44-36-66(62-31-23-16-24-32-62)52-87(83)106-85-50-64(60-27-19-14-20-28-60)34-42-77(85)100-93(104)106)57-88(90)103-82-43-35-65(61-29-21-15-22-30-61)51-86(82)105-84-49-63(59-25-17-13-18-26-59)33-41-76(84)99-92(103)105/h13-57H,1-12H3. The maximum Gasteiger partial charge on any atom is 0.220 e. The molecule has 0 aliphatic rings. The van der Waals surface area contributed by atoms with Crippen molar-refractivity contribution in [2.24, 2.45) is 0 Å². The lowest BCUT2D eigenvalue weighted by molar-refractivity contribution is 0.590. The van der Waals surface area contributed by atoms with E-state index in [2.05, 4.69) is 389 Å². The van der Waals surface area contributed by atoms with E-state index in [9.17, 15) is 5.26 Å². The average Bonchev–Trinajstić information content (AvgIpc) is 1.52. The Morgan fingerprint density at radius 3 is 0.811 bits per heavy atom. The lowest BCUT2D eigenvalue weighted by atomic mass is 9.85. The van der Waals surface area contributed by atoms with Crippen LogP contribution in [0.15, 0.2) is 273 Å². The molecule has 0 atom stereocenters. The van der Waals surface area contributed by atoms with Crippen molar-refractivity contribution in [1.29, 1.82) is 5.26 Å². The molecule has 0 fully saturated rings. The van der Waals surface area contributed by atoms with E-state index in [4.69, 9.17) is 9.97 Å². The molecule has 9 heteroatoms. The number of benzene rings is 13. The molecule has 0 saturated heterocycles. The topological polar surface area (TPSA) is 78.1 Å². The highest BCUT2D eigenvalue weighted by atomic mass is 15.2. The molecule has 0 saturated carbocycles. The largest absolute Gasteiger partial charge is 0.306 e. The van der Waals surface area contributed by atoms with Crippen LogP contribution in [0.4, 0.5) is 0 Å². The summed E-state index contributed by atoms with van der Waals surface area (Å²) in [5.41, 5.74) is 27.6. The molecule has 0 radical (unpaired) electrons. The molecule has 0 spiro atoms. The van der Waals surface area contributed by atoms with Crippen LogP contribution in [0.2, 0.25) is 0 Å². The summed E-state index contributed by atoms with van der Waals surface area (Å²) in [6.45, 7) is 27.5. The first-order valence-corrected chi connectivity index (χ1v) is 37.0. The van der Waals surface area contributed by atoms with Crippen LogP contribution >= 0.6 is 0 Å². The van der Waals surface area contributed by atoms with Gasteiger partial charge in [-0.1, -0.05) is 253 Å². The Morgan fingerprint density at radius 2 is 0.528 bits per heavy atom. The van der Waals surface area contributed by atoms with E-state index in [-0.39, 0.29) is 21.7 Å². The highest BCUT2D eigenvalue weighted by Gasteiger charge is 2.34. The maximum absolute atomic E-state index is 13.6. The van der Waals surface area contributed by atoms with Crippen molar-refractivity contribution in [3.63, 3.8) is 0 Å². The van der Waals surface area contributed by atoms with Gasteiger partial charge >= 0.3 is 0 Å². The van der Waals surface area contributed by atoms with Crippen LogP contribution < -0.4 is 0 Å². The maximum atomic E-state index is 13.6. The van der Waals surface area contributed by atoms with Crippen LogP contribution in [0.5, 0.6) is 0 Å². The van der Waals surface area contributed by atoms with Gasteiger partial charge in [0.1, 0.15) is 11.6 Å². The summed E-state index contributed by atoms with van der Waals surface area (Å²) < 4.78 is 14.3. The van der Waals surface area contributed by atoms with Gasteiger partial charge in [-0.2, -0.15) is 5.26 Å². The van der Waals surface area contributed by atoms with E-state index in [1.807, 2.05) is 0 Å². The normalized spacial score (nSPS) is 12.7. The van der Waals surface area contributed by atoms with Gasteiger partial charge in [0.2, 0.25) is 11.6 Å². The molecule has 13 aromatic carbocycles. The van der Waals surface area contributed by atoms with Crippen molar-refractivity contribution < 1.29 is 0 Å². The third kappa shape index (κ3) is 10.0. The second-order valence-corrected chi connectivity index (χ2v) is 33.1. The molecule has 19 rings (SSSR count). The van der Waals surface area contributed by atoms with Gasteiger partial charge in [-0.15, -0.1) is 0 Å². The molecule has 514 valence electrons.